The van der Waals surface area contributed by atoms with E-state index in [1.54, 1.807) is 55.5 Å². The van der Waals surface area contributed by atoms with Crippen molar-refractivity contribution in [3.05, 3.63) is 94.0 Å². The van der Waals surface area contributed by atoms with Crippen LogP contribution in [0.25, 0.3) is 6.08 Å². The number of rotatable bonds is 6. The Hall–Kier alpha value is -4.43. The van der Waals surface area contributed by atoms with Crippen LogP contribution in [0.5, 0.6) is 5.75 Å². The van der Waals surface area contributed by atoms with Gasteiger partial charge in [0.1, 0.15) is 11.3 Å². The second-order valence-corrected chi connectivity index (χ2v) is 8.57. The number of nitrogens with one attached hydrogen (secondary N) is 2. The van der Waals surface area contributed by atoms with Crippen LogP contribution < -0.4 is 20.3 Å². The molecule has 4 rings (SSSR count). The largest absolute Gasteiger partial charge is 0.483 e. The molecule has 36 heavy (non-hydrogen) atoms. The molecule has 1 aliphatic heterocycles. The van der Waals surface area contributed by atoms with Gasteiger partial charge in [-0.1, -0.05) is 53.6 Å². The molecular formula is C27H22ClN3O5. The average molecular weight is 504 g/mol. The van der Waals surface area contributed by atoms with Gasteiger partial charge in [-0.15, -0.1) is 0 Å². The van der Waals surface area contributed by atoms with Crippen molar-refractivity contribution in [2.45, 2.75) is 13.8 Å². The molecule has 1 heterocycles. The quantitative estimate of drug-likeness (QED) is 0.376. The van der Waals surface area contributed by atoms with Crippen LogP contribution in [0, 0.1) is 13.8 Å². The number of para-hydroxylation sites is 1. The van der Waals surface area contributed by atoms with E-state index in [4.69, 9.17) is 16.3 Å². The zero-order chi connectivity index (χ0) is 25.8. The van der Waals surface area contributed by atoms with Crippen LogP contribution >= 0.6 is 11.6 Å². The zero-order valence-electron chi connectivity index (χ0n) is 19.5. The lowest BCUT2D eigenvalue weighted by atomic mass is 10.1. The molecule has 2 N–H and O–H groups in total. The number of imide groups is 2. The predicted molar refractivity (Wildman–Crippen MR) is 137 cm³/mol. The summed E-state index contributed by atoms with van der Waals surface area (Å²) in [6.07, 6.45) is 1.32. The second kappa shape index (κ2) is 10.5. The zero-order valence-corrected chi connectivity index (χ0v) is 20.3. The molecule has 0 aliphatic carbocycles. The number of aryl methyl sites for hydroxylation is 2. The standard InChI is InChI=1S/C27H22ClN3O5/c1-16-7-11-20(12-8-16)29-24(32)15-36-23-6-4-3-5-18(23)13-21-25(33)30-27(35)31(26(21)34)22-14-19(28)10-9-17(22)2/h3-14H,15H2,1-2H3,(H,29,32)(H,30,33,35)/b21-13+. The van der Waals surface area contributed by atoms with E-state index in [0.29, 0.717) is 21.8 Å². The van der Waals surface area contributed by atoms with Gasteiger partial charge in [0.05, 0.1) is 5.69 Å². The maximum absolute atomic E-state index is 13.2. The van der Waals surface area contributed by atoms with Gasteiger partial charge in [0, 0.05) is 16.3 Å². The number of hydrogen-bond acceptors (Lipinski definition) is 5. The minimum absolute atomic E-state index is 0.265. The highest BCUT2D eigenvalue weighted by Crippen LogP contribution is 2.29. The van der Waals surface area contributed by atoms with E-state index in [0.717, 1.165) is 10.5 Å². The monoisotopic (exact) mass is 503 g/mol. The van der Waals surface area contributed by atoms with Crippen molar-refractivity contribution in [1.82, 2.24) is 5.32 Å². The molecule has 3 aromatic rings. The Labute approximate surface area is 212 Å². The number of anilines is 2. The molecule has 0 saturated carbocycles. The molecule has 9 heteroatoms. The number of nitrogens with zero attached hydrogens (tertiary/aromatic N) is 1. The molecule has 0 radical (unpaired) electrons. The first kappa shape index (κ1) is 24.7. The summed E-state index contributed by atoms with van der Waals surface area (Å²) in [6.45, 7) is 3.38. The molecule has 0 aromatic heterocycles. The lowest BCUT2D eigenvalue weighted by Gasteiger charge is -2.27. The number of urea groups is 1. The van der Waals surface area contributed by atoms with E-state index in [1.807, 2.05) is 19.1 Å². The fraction of sp³-hybridized carbons (Fsp3) is 0.111. The summed E-state index contributed by atoms with van der Waals surface area (Å²) in [5.41, 5.74) is 2.71. The van der Waals surface area contributed by atoms with Gasteiger partial charge in [-0.25, -0.2) is 9.69 Å². The highest BCUT2D eigenvalue weighted by molar-refractivity contribution is 6.39. The first-order valence-corrected chi connectivity index (χ1v) is 11.4. The number of hydrogen-bond donors (Lipinski definition) is 2. The molecule has 182 valence electrons. The molecule has 1 saturated heterocycles. The normalized spacial score (nSPS) is 14.6. The van der Waals surface area contributed by atoms with Crippen molar-refractivity contribution in [1.29, 1.82) is 0 Å². The van der Waals surface area contributed by atoms with E-state index in [1.165, 1.54) is 12.1 Å². The number of benzene rings is 3. The Morgan fingerprint density at radius 2 is 1.75 bits per heavy atom. The van der Waals surface area contributed by atoms with Crippen LogP contribution in [0.1, 0.15) is 16.7 Å². The molecule has 8 nitrogen and oxygen atoms in total. The summed E-state index contributed by atoms with van der Waals surface area (Å²) in [5, 5.41) is 5.26. The first-order valence-electron chi connectivity index (χ1n) is 11.0. The molecule has 0 bridgehead atoms. The Balaban J connectivity index is 1.56. The van der Waals surface area contributed by atoms with E-state index >= 15 is 0 Å². The highest BCUT2D eigenvalue weighted by atomic mass is 35.5. The van der Waals surface area contributed by atoms with Crippen LogP contribution in [0.3, 0.4) is 0 Å². The average Bonchev–Trinajstić information content (AvgIpc) is 2.84. The summed E-state index contributed by atoms with van der Waals surface area (Å²) in [6, 6.07) is 17.9. The molecule has 0 atom stereocenters. The molecule has 3 aromatic carbocycles. The number of ether oxygens (including phenoxy) is 1. The topological polar surface area (TPSA) is 105 Å². The van der Waals surface area contributed by atoms with Gasteiger partial charge in [-0.2, -0.15) is 0 Å². The summed E-state index contributed by atoms with van der Waals surface area (Å²) in [5.74, 6) is -1.73. The fourth-order valence-corrected chi connectivity index (χ4v) is 3.73. The number of halogens is 1. The maximum Gasteiger partial charge on any atom is 0.335 e. The van der Waals surface area contributed by atoms with Gasteiger partial charge in [0.25, 0.3) is 17.7 Å². The van der Waals surface area contributed by atoms with Crippen molar-refractivity contribution in [3.63, 3.8) is 0 Å². The van der Waals surface area contributed by atoms with Crippen molar-refractivity contribution >= 4 is 52.8 Å². The van der Waals surface area contributed by atoms with Crippen molar-refractivity contribution in [2.24, 2.45) is 0 Å². The van der Waals surface area contributed by atoms with Crippen molar-refractivity contribution in [2.75, 3.05) is 16.8 Å². The lowest BCUT2D eigenvalue weighted by Crippen LogP contribution is -2.54. The number of carbonyl (C=O) groups is 4. The third-order valence-corrected chi connectivity index (χ3v) is 5.66. The van der Waals surface area contributed by atoms with E-state index in [-0.39, 0.29) is 29.5 Å². The van der Waals surface area contributed by atoms with Crippen LogP contribution in [-0.4, -0.2) is 30.4 Å². The summed E-state index contributed by atoms with van der Waals surface area (Å²) in [7, 11) is 0. The van der Waals surface area contributed by atoms with Crippen molar-refractivity contribution < 1.29 is 23.9 Å². The highest BCUT2D eigenvalue weighted by Gasteiger charge is 2.37. The van der Waals surface area contributed by atoms with Gasteiger partial charge >= 0.3 is 6.03 Å². The van der Waals surface area contributed by atoms with Crippen LogP contribution in [0.15, 0.2) is 72.3 Å². The molecule has 1 fully saturated rings. The Kier molecular flexibility index (Phi) is 7.17. The summed E-state index contributed by atoms with van der Waals surface area (Å²) in [4.78, 5) is 51.6. The minimum Gasteiger partial charge on any atom is -0.483 e. The minimum atomic E-state index is -0.871. The second-order valence-electron chi connectivity index (χ2n) is 8.13. The third kappa shape index (κ3) is 5.45. The number of carbonyl (C=O) groups excluding carboxylic acids is 4. The number of amides is 5. The molecule has 0 unspecified atom stereocenters. The van der Waals surface area contributed by atoms with Gasteiger partial charge in [-0.3, -0.25) is 19.7 Å². The van der Waals surface area contributed by atoms with Crippen LogP contribution in [-0.2, 0) is 14.4 Å². The summed E-state index contributed by atoms with van der Waals surface area (Å²) < 4.78 is 5.68. The fourth-order valence-electron chi connectivity index (χ4n) is 3.56. The smallest absolute Gasteiger partial charge is 0.335 e. The Morgan fingerprint density at radius 1 is 1.03 bits per heavy atom. The van der Waals surface area contributed by atoms with Gasteiger partial charge in [0.2, 0.25) is 0 Å². The first-order chi connectivity index (χ1) is 17.2. The predicted octanol–water partition coefficient (Wildman–Crippen LogP) is 4.64. The molecule has 1 aliphatic rings. The molecule has 0 spiro atoms. The van der Waals surface area contributed by atoms with Crippen molar-refractivity contribution in [3.8, 4) is 5.75 Å². The van der Waals surface area contributed by atoms with Gasteiger partial charge in [0.15, 0.2) is 6.61 Å². The van der Waals surface area contributed by atoms with Crippen LogP contribution in [0.4, 0.5) is 16.2 Å². The van der Waals surface area contributed by atoms with Crippen LogP contribution in [0.2, 0.25) is 5.02 Å². The van der Waals surface area contributed by atoms with E-state index in [2.05, 4.69) is 10.6 Å². The lowest BCUT2D eigenvalue weighted by molar-refractivity contribution is -0.122. The van der Waals surface area contributed by atoms with E-state index < -0.39 is 17.8 Å². The molecular weight excluding hydrogens is 482 g/mol. The van der Waals surface area contributed by atoms with E-state index in [9.17, 15) is 19.2 Å². The Morgan fingerprint density at radius 3 is 2.50 bits per heavy atom. The third-order valence-electron chi connectivity index (χ3n) is 5.43. The Bertz CT molecular complexity index is 1400. The number of barbiturate groups is 1. The maximum atomic E-state index is 13.2. The summed E-state index contributed by atoms with van der Waals surface area (Å²) >= 11 is 6.06. The van der Waals surface area contributed by atoms with Gasteiger partial charge in [-0.05, 0) is 55.8 Å². The molecule has 5 amide bonds. The van der Waals surface area contributed by atoms with Gasteiger partial charge < -0.3 is 10.1 Å². The SMILES string of the molecule is Cc1ccc(NC(=O)COc2ccccc2/C=C2\C(=O)NC(=O)N(c3cc(Cl)ccc3C)C2=O)cc1.